The summed E-state index contributed by atoms with van der Waals surface area (Å²) in [7, 11) is 2.21. The van der Waals surface area contributed by atoms with Crippen LogP contribution in [-0.2, 0) is 6.42 Å². The van der Waals surface area contributed by atoms with Crippen LogP contribution in [0.25, 0.3) is 0 Å². The molecule has 0 bridgehead atoms. The zero-order valence-electron chi connectivity index (χ0n) is 11.0. The maximum absolute atomic E-state index is 5.78. The fourth-order valence-corrected chi connectivity index (χ4v) is 2.56. The molecule has 1 aromatic carbocycles. The van der Waals surface area contributed by atoms with Gasteiger partial charge in [0, 0.05) is 12.6 Å². The molecule has 2 rings (SSSR count). The molecule has 2 N–H and O–H groups in total. The van der Waals surface area contributed by atoms with Crippen molar-refractivity contribution in [3.8, 4) is 0 Å². The highest BCUT2D eigenvalue weighted by Gasteiger charge is 2.20. The van der Waals surface area contributed by atoms with Gasteiger partial charge >= 0.3 is 0 Å². The molecule has 0 radical (unpaired) electrons. The maximum atomic E-state index is 5.78. The summed E-state index contributed by atoms with van der Waals surface area (Å²) < 4.78 is 0. The van der Waals surface area contributed by atoms with Crippen LogP contribution in [0.5, 0.6) is 0 Å². The van der Waals surface area contributed by atoms with E-state index >= 15 is 0 Å². The molecule has 1 aromatic rings. The van der Waals surface area contributed by atoms with Gasteiger partial charge in [0.25, 0.3) is 0 Å². The number of nitrogens with zero attached hydrogens (tertiary/aromatic N) is 1. The first kappa shape index (κ1) is 12.6. The highest BCUT2D eigenvalue weighted by molar-refractivity contribution is 5.26. The molecule has 2 nitrogen and oxygen atoms in total. The molecule has 0 aromatic heterocycles. The second kappa shape index (κ2) is 5.65. The van der Waals surface area contributed by atoms with Crippen molar-refractivity contribution >= 4 is 0 Å². The van der Waals surface area contributed by atoms with Crippen molar-refractivity contribution in [2.45, 2.75) is 38.1 Å². The molecule has 1 aliphatic heterocycles. The Hall–Kier alpha value is -0.860. The molecule has 0 aliphatic carbocycles. The quantitative estimate of drug-likeness (QED) is 0.863. The first-order valence-corrected chi connectivity index (χ1v) is 6.68. The Morgan fingerprint density at radius 2 is 2.06 bits per heavy atom. The van der Waals surface area contributed by atoms with Gasteiger partial charge < -0.3 is 10.6 Å². The van der Waals surface area contributed by atoms with Gasteiger partial charge in [0.05, 0.1) is 0 Å². The summed E-state index contributed by atoms with van der Waals surface area (Å²) in [5.41, 5.74) is 8.69. The zero-order chi connectivity index (χ0) is 12.3. The lowest BCUT2D eigenvalue weighted by Gasteiger charge is -2.12. The standard InChI is InChI=1S/C15H24N2/c1-12(16)3-4-13-5-7-14(8-6-13)15-9-10-17(2)11-15/h5-8,12,15H,3-4,9-11,16H2,1-2H3. The molecule has 0 saturated carbocycles. The molecule has 1 heterocycles. The van der Waals surface area contributed by atoms with Gasteiger partial charge in [0.2, 0.25) is 0 Å². The van der Waals surface area contributed by atoms with Crippen molar-refractivity contribution in [3.63, 3.8) is 0 Å². The highest BCUT2D eigenvalue weighted by atomic mass is 15.1. The predicted octanol–water partition coefficient (Wildman–Crippen LogP) is 2.39. The minimum Gasteiger partial charge on any atom is -0.328 e. The van der Waals surface area contributed by atoms with Gasteiger partial charge in [-0.1, -0.05) is 24.3 Å². The van der Waals surface area contributed by atoms with Gasteiger partial charge in [-0.2, -0.15) is 0 Å². The first-order chi connectivity index (χ1) is 8.15. The van der Waals surface area contributed by atoms with Crippen LogP contribution in [0, 0.1) is 0 Å². The second-order valence-corrected chi connectivity index (χ2v) is 5.51. The van der Waals surface area contributed by atoms with Crippen molar-refractivity contribution < 1.29 is 0 Å². The second-order valence-electron chi connectivity index (χ2n) is 5.51. The highest BCUT2D eigenvalue weighted by Crippen LogP contribution is 2.26. The van der Waals surface area contributed by atoms with E-state index in [0.717, 1.165) is 18.8 Å². The smallest absolute Gasteiger partial charge is 0.00477 e. The third kappa shape index (κ3) is 3.55. The van der Waals surface area contributed by atoms with E-state index in [9.17, 15) is 0 Å². The fraction of sp³-hybridized carbons (Fsp3) is 0.600. The van der Waals surface area contributed by atoms with Crippen molar-refractivity contribution in [2.24, 2.45) is 5.73 Å². The lowest BCUT2D eigenvalue weighted by molar-refractivity contribution is 0.411. The zero-order valence-corrected chi connectivity index (χ0v) is 11.0. The lowest BCUT2D eigenvalue weighted by atomic mass is 9.96. The minimum atomic E-state index is 0.304. The van der Waals surface area contributed by atoms with Crippen LogP contribution < -0.4 is 5.73 Å². The van der Waals surface area contributed by atoms with Crippen LogP contribution in [-0.4, -0.2) is 31.1 Å². The molecule has 17 heavy (non-hydrogen) atoms. The molecular formula is C15H24N2. The monoisotopic (exact) mass is 232 g/mol. The van der Waals surface area contributed by atoms with Crippen LogP contribution in [0.2, 0.25) is 0 Å². The van der Waals surface area contributed by atoms with Crippen molar-refractivity contribution in [1.82, 2.24) is 4.90 Å². The van der Waals surface area contributed by atoms with Crippen LogP contribution in [0.4, 0.5) is 0 Å². The summed E-state index contributed by atoms with van der Waals surface area (Å²) in [5, 5.41) is 0. The Bertz CT molecular complexity index is 342. The number of nitrogens with two attached hydrogens (primary N) is 1. The molecule has 2 heteroatoms. The van der Waals surface area contributed by atoms with E-state index < -0.39 is 0 Å². The molecule has 2 unspecified atom stereocenters. The van der Waals surface area contributed by atoms with Crippen LogP contribution in [0.15, 0.2) is 24.3 Å². The Balaban J connectivity index is 1.93. The Morgan fingerprint density at radius 1 is 1.35 bits per heavy atom. The van der Waals surface area contributed by atoms with E-state index in [4.69, 9.17) is 5.73 Å². The molecule has 0 spiro atoms. The molecule has 0 amide bonds. The SMILES string of the molecule is CC(N)CCc1ccc(C2CCN(C)C2)cc1. The van der Waals surface area contributed by atoms with Gasteiger partial charge in [-0.15, -0.1) is 0 Å². The summed E-state index contributed by atoms with van der Waals surface area (Å²) in [6.07, 6.45) is 3.48. The van der Waals surface area contributed by atoms with E-state index in [1.54, 1.807) is 0 Å². The van der Waals surface area contributed by atoms with Gasteiger partial charge in [0.15, 0.2) is 0 Å². The van der Waals surface area contributed by atoms with E-state index in [1.165, 1.54) is 30.6 Å². The summed E-state index contributed by atoms with van der Waals surface area (Å²) in [6, 6.07) is 9.46. The Labute approximate surface area is 105 Å². The molecule has 1 aliphatic rings. The molecule has 1 saturated heterocycles. The number of aryl methyl sites for hydroxylation is 1. The van der Waals surface area contributed by atoms with Gasteiger partial charge in [-0.05, 0) is 56.8 Å². The van der Waals surface area contributed by atoms with Gasteiger partial charge in [-0.25, -0.2) is 0 Å². The van der Waals surface area contributed by atoms with E-state index in [2.05, 4.69) is 43.1 Å². The topological polar surface area (TPSA) is 29.3 Å². The number of rotatable bonds is 4. The van der Waals surface area contributed by atoms with E-state index in [1.807, 2.05) is 0 Å². The average molecular weight is 232 g/mol. The number of hydrogen-bond acceptors (Lipinski definition) is 2. The molecule has 94 valence electrons. The van der Waals surface area contributed by atoms with Crippen LogP contribution in [0.1, 0.15) is 36.8 Å². The number of benzene rings is 1. The summed E-state index contributed by atoms with van der Waals surface area (Å²) >= 11 is 0. The fourth-order valence-electron chi connectivity index (χ4n) is 2.56. The van der Waals surface area contributed by atoms with Crippen molar-refractivity contribution in [1.29, 1.82) is 0 Å². The number of likely N-dealkylation sites (tertiary alicyclic amines) is 1. The minimum absolute atomic E-state index is 0.304. The number of hydrogen-bond donors (Lipinski definition) is 1. The third-order valence-electron chi connectivity index (χ3n) is 3.73. The first-order valence-electron chi connectivity index (χ1n) is 6.68. The molecule has 2 atom stereocenters. The van der Waals surface area contributed by atoms with Gasteiger partial charge in [0.1, 0.15) is 0 Å². The van der Waals surface area contributed by atoms with Crippen LogP contribution in [0.3, 0.4) is 0 Å². The van der Waals surface area contributed by atoms with E-state index in [-0.39, 0.29) is 0 Å². The summed E-state index contributed by atoms with van der Waals surface area (Å²) in [4.78, 5) is 2.41. The number of likely N-dealkylation sites (N-methyl/N-ethyl adjacent to an activating group) is 1. The maximum Gasteiger partial charge on any atom is 0.00477 e. The summed E-state index contributed by atoms with van der Waals surface area (Å²) in [5.74, 6) is 0.738. The molecule has 1 fully saturated rings. The Kier molecular flexibility index (Phi) is 4.19. The Morgan fingerprint density at radius 3 is 2.59 bits per heavy atom. The third-order valence-corrected chi connectivity index (χ3v) is 3.73. The van der Waals surface area contributed by atoms with E-state index in [0.29, 0.717) is 6.04 Å². The van der Waals surface area contributed by atoms with Crippen molar-refractivity contribution in [3.05, 3.63) is 35.4 Å². The van der Waals surface area contributed by atoms with Crippen LogP contribution >= 0.6 is 0 Å². The lowest BCUT2D eigenvalue weighted by Crippen LogP contribution is -2.15. The van der Waals surface area contributed by atoms with Crippen molar-refractivity contribution in [2.75, 3.05) is 20.1 Å². The normalized spacial score (nSPS) is 22.9. The largest absolute Gasteiger partial charge is 0.328 e. The van der Waals surface area contributed by atoms with Gasteiger partial charge in [-0.3, -0.25) is 0 Å². The molecular weight excluding hydrogens is 208 g/mol. The predicted molar refractivity (Wildman–Crippen MR) is 73.3 cm³/mol. The average Bonchev–Trinajstić information content (AvgIpc) is 2.74. The summed E-state index contributed by atoms with van der Waals surface area (Å²) in [6.45, 7) is 4.51.